The second-order valence-electron chi connectivity index (χ2n) is 3.82. The molecule has 0 amide bonds. The summed E-state index contributed by atoms with van der Waals surface area (Å²) in [6.45, 7) is 0.375. The van der Waals surface area contributed by atoms with Gasteiger partial charge in [0.2, 0.25) is 0 Å². The Hall–Kier alpha value is -1.03. The first-order chi connectivity index (χ1) is 8.70. The molecule has 1 atom stereocenters. The summed E-state index contributed by atoms with van der Waals surface area (Å²) in [6.07, 6.45) is -0.236. The van der Waals surface area contributed by atoms with Gasteiger partial charge in [-0.3, -0.25) is 0 Å². The van der Waals surface area contributed by atoms with Gasteiger partial charge in [-0.2, -0.15) is 0 Å². The van der Waals surface area contributed by atoms with E-state index in [1.54, 1.807) is 0 Å². The lowest BCUT2D eigenvalue weighted by atomic mass is 10.1. The number of ether oxygens (including phenoxy) is 1. The molecule has 2 rings (SSSR count). The lowest BCUT2D eigenvalue weighted by Crippen LogP contribution is -2.18. The third-order valence-electron chi connectivity index (χ3n) is 2.56. The molecule has 94 valence electrons. The Labute approximate surface area is 120 Å². The molecule has 0 bridgehead atoms. The van der Waals surface area contributed by atoms with Crippen molar-refractivity contribution in [3.8, 4) is 5.75 Å². The summed E-state index contributed by atoms with van der Waals surface area (Å²) in [5, 5.41) is 0.671. The predicted molar refractivity (Wildman–Crippen MR) is 78.0 cm³/mol. The van der Waals surface area contributed by atoms with Gasteiger partial charge < -0.3 is 10.5 Å². The largest absolute Gasteiger partial charge is 0.484 e. The molecule has 0 aliphatic carbocycles. The Morgan fingerprint density at radius 1 is 1.11 bits per heavy atom. The van der Waals surface area contributed by atoms with Gasteiger partial charge in [-0.05, 0) is 30.3 Å². The van der Waals surface area contributed by atoms with Gasteiger partial charge in [0.1, 0.15) is 11.9 Å². The zero-order chi connectivity index (χ0) is 13.0. The van der Waals surface area contributed by atoms with Crippen molar-refractivity contribution >= 4 is 27.5 Å². The second-order valence-corrected chi connectivity index (χ2v) is 5.14. The molecule has 0 fully saturated rings. The van der Waals surface area contributed by atoms with E-state index in [4.69, 9.17) is 22.1 Å². The van der Waals surface area contributed by atoms with Crippen molar-refractivity contribution in [1.82, 2.24) is 0 Å². The number of hydrogen-bond acceptors (Lipinski definition) is 2. The van der Waals surface area contributed by atoms with Gasteiger partial charge in [-0.1, -0.05) is 45.7 Å². The zero-order valence-electron chi connectivity index (χ0n) is 9.64. The van der Waals surface area contributed by atoms with Gasteiger partial charge in [0, 0.05) is 21.6 Å². The smallest absolute Gasteiger partial charge is 0.137 e. The number of nitrogens with two attached hydrogens (primary N) is 1. The Morgan fingerprint density at radius 2 is 1.78 bits per heavy atom. The monoisotopic (exact) mass is 325 g/mol. The Bertz CT molecular complexity index is 515. The molecule has 2 aromatic rings. The molecule has 1 unspecified atom stereocenters. The van der Waals surface area contributed by atoms with Crippen LogP contribution in [0.15, 0.2) is 53.0 Å². The molecule has 0 spiro atoms. The van der Waals surface area contributed by atoms with Gasteiger partial charge >= 0.3 is 0 Å². The molecule has 0 radical (unpaired) electrons. The molecule has 2 aromatic carbocycles. The van der Waals surface area contributed by atoms with Crippen molar-refractivity contribution in [1.29, 1.82) is 0 Å². The topological polar surface area (TPSA) is 35.2 Å². The molecule has 0 saturated carbocycles. The van der Waals surface area contributed by atoms with Crippen molar-refractivity contribution in [2.24, 2.45) is 5.73 Å². The molecule has 0 heterocycles. The van der Waals surface area contributed by atoms with E-state index in [1.165, 1.54) is 0 Å². The highest BCUT2D eigenvalue weighted by molar-refractivity contribution is 9.10. The molecular formula is C14H13BrClNO. The molecule has 0 saturated heterocycles. The summed E-state index contributed by atoms with van der Waals surface area (Å²) in [7, 11) is 0. The van der Waals surface area contributed by atoms with E-state index in [0.29, 0.717) is 11.6 Å². The third-order valence-corrected chi connectivity index (χ3v) is 3.43. The van der Waals surface area contributed by atoms with E-state index in [9.17, 15) is 0 Å². The van der Waals surface area contributed by atoms with Crippen LogP contribution in [0.3, 0.4) is 0 Å². The first-order valence-electron chi connectivity index (χ1n) is 5.57. The van der Waals surface area contributed by atoms with Crippen LogP contribution in [0.5, 0.6) is 5.75 Å². The Morgan fingerprint density at radius 3 is 2.39 bits per heavy atom. The van der Waals surface area contributed by atoms with Crippen LogP contribution >= 0.6 is 27.5 Å². The molecular weight excluding hydrogens is 314 g/mol. The van der Waals surface area contributed by atoms with Crippen LogP contribution in [-0.2, 0) is 0 Å². The Kier molecular flexibility index (Phi) is 4.64. The second kappa shape index (κ2) is 6.23. The van der Waals surface area contributed by atoms with Crippen LogP contribution in [0.25, 0.3) is 0 Å². The SMILES string of the molecule is NCC(Oc1ccc(Br)cc1)c1ccccc1Cl. The van der Waals surface area contributed by atoms with Crippen LogP contribution in [0.2, 0.25) is 5.02 Å². The minimum Gasteiger partial charge on any atom is -0.484 e. The average molecular weight is 327 g/mol. The van der Waals surface area contributed by atoms with Crippen molar-refractivity contribution < 1.29 is 4.74 Å². The lowest BCUT2D eigenvalue weighted by molar-refractivity contribution is 0.214. The number of halogens is 2. The van der Waals surface area contributed by atoms with Gasteiger partial charge in [0.05, 0.1) is 0 Å². The molecule has 2 N–H and O–H groups in total. The van der Waals surface area contributed by atoms with E-state index < -0.39 is 0 Å². The normalized spacial score (nSPS) is 12.2. The predicted octanol–water partition coefficient (Wildman–Crippen LogP) is 4.18. The summed E-state index contributed by atoms with van der Waals surface area (Å²) in [4.78, 5) is 0. The molecule has 0 aliphatic rings. The van der Waals surface area contributed by atoms with Gasteiger partial charge in [0.25, 0.3) is 0 Å². The lowest BCUT2D eigenvalue weighted by Gasteiger charge is -2.19. The van der Waals surface area contributed by atoms with Gasteiger partial charge in [-0.25, -0.2) is 0 Å². The number of benzene rings is 2. The quantitative estimate of drug-likeness (QED) is 0.914. The third kappa shape index (κ3) is 3.25. The van der Waals surface area contributed by atoms with Gasteiger partial charge in [0.15, 0.2) is 0 Å². The summed E-state index contributed by atoms with van der Waals surface area (Å²) in [5.41, 5.74) is 6.67. The fourth-order valence-corrected chi connectivity index (χ4v) is 2.17. The van der Waals surface area contributed by atoms with E-state index in [1.807, 2.05) is 48.5 Å². The average Bonchev–Trinajstić information content (AvgIpc) is 2.39. The van der Waals surface area contributed by atoms with Crippen LogP contribution in [-0.4, -0.2) is 6.54 Å². The van der Waals surface area contributed by atoms with Crippen molar-refractivity contribution in [2.75, 3.05) is 6.54 Å². The molecule has 18 heavy (non-hydrogen) atoms. The van der Waals surface area contributed by atoms with Crippen LogP contribution in [0.4, 0.5) is 0 Å². The first-order valence-corrected chi connectivity index (χ1v) is 6.74. The van der Waals surface area contributed by atoms with Crippen LogP contribution in [0, 0.1) is 0 Å². The van der Waals surface area contributed by atoms with E-state index >= 15 is 0 Å². The number of hydrogen-bond donors (Lipinski definition) is 1. The molecule has 0 aliphatic heterocycles. The standard InChI is InChI=1S/C14H13BrClNO/c15-10-5-7-11(8-6-10)18-14(9-17)12-3-1-2-4-13(12)16/h1-8,14H,9,17H2. The Balaban J connectivity index is 2.20. The van der Waals surface area contributed by atoms with Crippen molar-refractivity contribution in [3.63, 3.8) is 0 Å². The molecule has 4 heteroatoms. The summed E-state index contributed by atoms with van der Waals surface area (Å²) >= 11 is 9.53. The van der Waals surface area contributed by atoms with Crippen molar-refractivity contribution in [3.05, 3.63) is 63.6 Å². The van der Waals surface area contributed by atoms with Crippen molar-refractivity contribution in [2.45, 2.75) is 6.10 Å². The minimum atomic E-state index is -0.236. The highest BCUT2D eigenvalue weighted by Crippen LogP contribution is 2.27. The van der Waals surface area contributed by atoms with E-state index in [-0.39, 0.29) is 6.10 Å². The van der Waals surface area contributed by atoms with Crippen LogP contribution < -0.4 is 10.5 Å². The molecule has 2 nitrogen and oxygen atoms in total. The maximum atomic E-state index is 6.15. The fourth-order valence-electron chi connectivity index (χ4n) is 1.65. The maximum Gasteiger partial charge on any atom is 0.137 e. The molecule has 0 aromatic heterocycles. The fraction of sp³-hybridized carbons (Fsp3) is 0.143. The summed E-state index contributed by atoms with van der Waals surface area (Å²) in [5.74, 6) is 0.772. The van der Waals surface area contributed by atoms with E-state index in [0.717, 1.165) is 15.8 Å². The maximum absolute atomic E-state index is 6.15. The summed E-state index contributed by atoms with van der Waals surface area (Å²) < 4.78 is 6.87. The zero-order valence-corrected chi connectivity index (χ0v) is 12.0. The highest BCUT2D eigenvalue weighted by atomic mass is 79.9. The van der Waals surface area contributed by atoms with Crippen LogP contribution in [0.1, 0.15) is 11.7 Å². The minimum absolute atomic E-state index is 0.236. The van der Waals surface area contributed by atoms with E-state index in [2.05, 4.69) is 15.9 Å². The van der Waals surface area contributed by atoms with Gasteiger partial charge in [-0.15, -0.1) is 0 Å². The first kappa shape index (κ1) is 13.4. The highest BCUT2D eigenvalue weighted by Gasteiger charge is 2.14. The number of rotatable bonds is 4. The summed E-state index contributed by atoms with van der Waals surface area (Å²) in [6, 6.07) is 15.2.